The zero-order valence-electron chi connectivity index (χ0n) is 17.9. The van der Waals surface area contributed by atoms with Gasteiger partial charge < -0.3 is 14.4 Å². The molecule has 0 bridgehead atoms. The van der Waals surface area contributed by atoms with E-state index in [4.69, 9.17) is 9.47 Å². The van der Waals surface area contributed by atoms with Crippen LogP contribution in [0.25, 0.3) is 0 Å². The average molecular weight is 440 g/mol. The number of carbonyl (C=O) groups excluding carboxylic acids is 2. The molecule has 0 aromatic carbocycles. The van der Waals surface area contributed by atoms with Crippen molar-refractivity contribution in [3.63, 3.8) is 0 Å². The molecule has 28 heavy (non-hydrogen) atoms. The molecule has 9 nitrogen and oxygen atoms in total. The van der Waals surface area contributed by atoms with Crippen LogP contribution in [0.5, 0.6) is 0 Å². The lowest BCUT2D eigenvalue weighted by Crippen LogP contribution is -2.52. The van der Waals surface area contributed by atoms with E-state index in [9.17, 15) is 18.0 Å². The summed E-state index contributed by atoms with van der Waals surface area (Å²) < 4.78 is 37.7. The topological polar surface area (TPSA) is 96.5 Å². The molecular formula is C17H33N3O6S2. The van der Waals surface area contributed by atoms with Gasteiger partial charge in [0.2, 0.25) is 0 Å². The number of rotatable bonds is 4. The van der Waals surface area contributed by atoms with E-state index in [0.717, 1.165) is 4.31 Å². The summed E-state index contributed by atoms with van der Waals surface area (Å²) in [5.41, 5.74) is -1.57. The summed E-state index contributed by atoms with van der Waals surface area (Å²) in [5.74, 6) is 0. The van der Waals surface area contributed by atoms with Gasteiger partial charge in [0.15, 0.2) is 0 Å². The van der Waals surface area contributed by atoms with Crippen LogP contribution in [-0.4, -0.2) is 83.8 Å². The number of amides is 2. The lowest BCUT2D eigenvalue weighted by atomic mass is 10.2. The van der Waals surface area contributed by atoms with Crippen LogP contribution < -0.4 is 0 Å². The molecule has 1 fully saturated rings. The number of carbonyl (C=O) groups is 2. The molecule has 1 aliphatic rings. The van der Waals surface area contributed by atoms with E-state index in [1.807, 2.05) is 0 Å². The third-order valence-corrected chi connectivity index (χ3v) is 5.89. The Hall–Kier alpha value is -1.20. The summed E-state index contributed by atoms with van der Waals surface area (Å²) >= 11 is 4.43. The van der Waals surface area contributed by atoms with Crippen LogP contribution in [0.4, 0.5) is 9.59 Å². The minimum absolute atomic E-state index is 0.153. The van der Waals surface area contributed by atoms with Gasteiger partial charge in [-0.25, -0.2) is 9.59 Å². The first-order chi connectivity index (χ1) is 12.4. The first-order valence-corrected chi connectivity index (χ1v) is 11.0. The fourth-order valence-electron chi connectivity index (χ4n) is 2.57. The zero-order chi connectivity index (χ0) is 22.1. The van der Waals surface area contributed by atoms with Crippen molar-refractivity contribution in [2.45, 2.75) is 70.5 Å². The van der Waals surface area contributed by atoms with E-state index < -0.39 is 39.6 Å². The van der Waals surface area contributed by atoms with Gasteiger partial charge in [-0.1, -0.05) is 0 Å². The quantitative estimate of drug-likeness (QED) is 0.676. The molecule has 164 valence electrons. The number of ether oxygens (including phenoxy) is 2. The van der Waals surface area contributed by atoms with Crippen molar-refractivity contribution < 1.29 is 27.5 Å². The Morgan fingerprint density at radius 1 is 1.07 bits per heavy atom. The Morgan fingerprint density at radius 2 is 1.57 bits per heavy atom. The van der Waals surface area contributed by atoms with Gasteiger partial charge in [0.1, 0.15) is 11.2 Å². The SMILES string of the molecule is CN(C)S(=O)(=O)N(C[C@@H]1C[C@H](S)CN1C(=O)OC(C)(C)C)C(=O)OC(C)(C)C. The van der Waals surface area contributed by atoms with Crippen molar-refractivity contribution in [2.75, 3.05) is 27.2 Å². The van der Waals surface area contributed by atoms with Gasteiger partial charge >= 0.3 is 22.4 Å². The van der Waals surface area contributed by atoms with Crippen molar-refractivity contribution in [3.8, 4) is 0 Å². The Bertz CT molecular complexity index is 682. The Kier molecular flexibility index (Phi) is 7.68. The average Bonchev–Trinajstić information content (AvgIpc) is 2.81. The van der Waals surface area contributed by atoms with Gasteiger partial charge in [-0.15, -0.1) is 0 Å². The molecule has 0 aromatic rings. The minimum atomic E-state index is -4.11. The summed E-state index contributed by atoms with van der Waals surface area (Å²) in [4.78, 5) is 26.6. The second kappa shape index (κ2) is 8.66. The largest absolute Gasteiger partial charge is 0.444 e. The summed E-state index contributed by atoms with van der Waals surface area (Å²) in [7, 11) is -1.46. The Labute approximate surface area is 173 Å². The van der Waals surface area contributed by atoms with Crippen LogP contribution in [0, 0.1) is 0 Å². The van der Waals surface area contributed by atoms with Gasteiger partial charge in [-0.05, 0) is 48.0 Å². The van der Waals surface area contributed by atoms with Crippen molar-refractivity contribution in [1.29, 1.82) is 0 Å². The summed E-state index contributed by atoms with van der Waals surface area (Å²) in [5, 5.41) is -0.153. The summed E-state index contributed by atoms with van der Waals surface area (Å²) in [6, 6.07) is -0.570. The van der Waals surface area contributed by atoms with Crippen LogP contribution in [0.3, 0.4) is 0 Å². The van der Waals surface area contributed by atoms with E-state index >= 15 is 0 Å². The van der Waals surface area contributed by atoms with Gasteiger partial charge in [0, 0.05) is 25.9 Å². The molecule has 1 rings (SSSR count). The van der Waals surface area contributed by atoms with Gasteiger partial charge in [-0.3, -0.25) is 0 Å². The Balaban J connectivity index is 3.14. The normalized spacial score (nSPS) is 21.0. The zero-order valence-corrected chi connectivity index (χ0v) is 19.6. The van der Waals surface area contributed by atoms with Crippen LogP contribution in [-0.2, 0) is 19.7 Å². The van der Waals surface area contributed by atoms with Crippen LogP contribution in [0.2, 0.25) is 0 Å². The lowest BCUT2D eigenvalue weighted by Gasteiger charge is -2.33. The molecule has 1 aliphatic heterocycles. The highest BCUT2D eigenvalue weighted by atomic mass is 32.2. The molecule has 11 heteroatoms. The first kappa shape index (κ1) is 24.8. The molecular weight excluding hydrogens is 406 g/mol. The van der Waals surface area contributed by atoms with Gasteiger partial charge in [0.25, 0.3) is 0 Å². The van der Waals surface area contributed by atoms with Crippen LogP contribution >= 0.6 is 12.6 Å². The number of likely N-dealkylation sites (tertiary alicyclic amines) is 1. The molecule has 1 heterocycles. The molecule has 0 aliphatic carbocycles. The number of nitrogens with zero attached hydrogens (tertiary/aromatic N) is 3. The van der Waals surface area contributed by atoms with E-state index in [1.165, 1.54) is 19.0 Å². The maximum atomic E-state index is 12.7. The molecule has 2 atom stereocenters. The molecule has 0 spiro atoms. The predicted octanol–water partition coefficient (Wildman–Crippen LogP) is 2.34. The molecule has 0 unspecified atom stereocenters. The second-order valence-corrected chi connectivity index (χ2v) is 11.8. The predicted molar refractivity (Wildman–Crippen MR) is 110 cm³/mol. The molecule has 0 saturated carbocycles. The van der Waals surface area contributed by atoms with Crippen LogP contribution in [0.1, 0.15) is 48.0 Å². The Morgan fingerprint density at radius 3 is 2.00 bits per heavy atom. The standard InChI is InChI=1S/C17H33N3O6S2/c1-16(2,3)25-14(21)19-11-13(27)9-12(19)10-20(28(23,24)18(7)8)15(22)26-17(4,5)6/h12-13,27H,9-11H2,1-8H3/t12-,13-/m0/s1. The smallest absolute Gasteiger partial charge is 0.425 e. The van der Waals surface area contributed by atoms with E-state index in [1.54, 1.807) is 41.5 Å². The maximum absolute atomic E-state index is 12.7. The monoisotopic (exact) mass is 439 g/mol. The molecule has 2 amide bonds. The molecule has 0 N–H and O–H groups in total. The van der Waals surface area contributed by atoms with Crippen molar-refractivity contribution >= 4 is 35.0 Å². The lowest BCUT2D eigenvalue weighted by molar-refractivity contribution is 0.0165. The number of hydrogen-bond donors (Lipinski definition) is 1. The van der Waals surface area contributed by atoms with Crippen LogP contribution in [0.15, 0.2) is 0 Å². The van der Waals surface area contributed by atoms with Gasteiger partial charge in [-0.2, -0.15) is 29.7 Å². The number of thiol groups is 1. The highest BCUT2D eigenvalue weighted by molar-refractivity contribution is 7.87. The third kappa shape index (κ3) is 7.00. The molecule has 0 aromatic heterocycles. The maximum Gasteiger partial charge on any atom is 0.425 e. The third-order valence-electron chi connectivity index (χ3n) is 3.73. The fourth-order valence-corrected chi connectivity index (χ4v) is 3.97. The minimum Gasteiger partial charge on any atom is -0.444 e. The van der Waals surface area contributed by atoms with E-state index in [0.29, 0.717) is 17.3 Å². The highest BCUT2D eigenvalue weighted by Crippen LogP contribution is 2.26. The van der Waals surface area contributed by atoms with E-state index in [-0.39, 0.29) is 11.8 Å². The highest BCUT2D eigenvalue weighted by Gasteiger charge is 2.42. The summed E-state index contributed by atoms with van der Waals surface area (Å²) in [6.45, 7) is 10.2. The van der Waals surface area contributed by atoms with Crippen molar-refractivity contribution in [2.24, 2.45) is 0 Å². The summed E-state index contributed by atoms with van der Waals surface area (Å²) in [6.07, 6.45) is -1.14. The fraction of sp³-hybridized carbons (Fsp3) is 0.882. The van der Waals surface area contributed by atoms with E-state index in [2.05, 4.69) is 12.6 Å². The van der Waals surface area contributed by atoms with Crippen molar-refractivity contribution in [1.82, 2.24) is 13.5 Å². The first-order valence-electron chi connectivity index (χ1n) is 9.05. The number of hydrogen-bond acceptors (Lipinski definition) is 7. The second-order valence-electron chi connectivity index (χ2n) is 8.98. The molecule has 0 radical (unpaired) electrons. The molecule has 1 saturated heterocycles. The van der Waals surface area contributed by atoms with Crippen molar-refractivity contribution in [3.05, 3.63) is 0 Å². The van der Waals surface area contributed by atoms with Gasteiger partial charge in [0.05, 0.1) is 12.6 Å².